The Morgan fingerprint density at radius 3 is 2.35 bits per heavy atom. The first-order valence-electron chi connectivity index (χ1n) is 20.0. The van der Waals surface area contributed by atoms with Gasteiger partial charge in [0, 0.05) is 30.8 Å². The second-order valence-electron chi connectivity index (χ2n) is 20.1. The Labute approximate surface area is 307 Å². The smallest absolute Gasteiger partial charge is 0.306 e. The van der Waals surface area contributed by atoms with Gasteiger partial charge < -0.3 is 15.2 Å². The molecule has 2 N–H and O–H groups in total. The molecule has 0 aromatic carbocycles. The van der Waals surface area contributed by atoms with Gasteiger partial charge in [-0.2, -0.15) is 0 Å². The zero-order valence-electron chi connectivity index (χ0n) is 32.9. The fraction of sp³-hybridized carbons (Fsp3) is 0.773. The van der Waals surface area contributed by atoms with Crippen LogP contribution in [-0.4, -0.2) is 34.0 Å². The number of aromatic nitrogens is 1. The van der Waals surface area contributed by atoms with Crippen LogP contribution in [0.15, 0.2) is 36.7 Å². The first-order valence-corrected chi connectivity index (χ1v) is 20.0. The van der Waals surface area contributed by atoms with Gasteiger partial charge in [-0.3, -0.25) is 19.4 Å². The van der Waals surface area contributed by atoms with Crippen molar-refractivity contribution >= 4 is 17.8 Å². The summed E-state index contributed by atoms with van der Waals surface area (Å²) in [6.07, 6.45) is 15.3. The summed E-state index contributed by atoms with van der Waals surface area (Å²) in [4.78, 5) is 42.5. The molecule has 0 aliphatic heterocycles. The van der Waals surface area contributed by atoms with Gasteiger partial charge in [0.2, 0.25) is 5.91 Å². The van der Waals surface area contributed by atoms with Crippen LogP contribution in [0.3, 0.4) is 0 Å². The minimum atomic E-state index is -0.885. The highest BCUT2D eigenvalue weighted by atomic mass is 16.5. The van der Waals surface area contributed by atoms with Crippen LogP contribution in [0.1, 0.15) is 144 Å². The Morgan fingerprint density at radius 1 is 0.941 bits per heavy atom. The maximum absolute atomic E-state index is 13.7. The number of rotatable bonds is 10. The Morgan fingerprint density at radius 2 is 1.69 bits per heavy atom. The molecule has 0 radical (unpaired) electrons. The summed E-state index contributed by atoms with van der Waals surface area (Å²) in [5.74, 6) is 1.59. The molecule has 10 atom stereocenters. The molecule has 7 nitrogen and oxygen atoms in total. The molecule has 1 aromatic rings. The molecule has 1 amide bonds. The molecule has 5 aliphatic carbocycles. The van der Waals surface area contributed by atoms with Crippen molar-refractivity contribution in [2.45, 2.75) is 152 Å². The Kier molecular flexibility index (Phi) is 9.92. The summed E-state index contributed by atoms with van der Waals surface area (Å²) in [6, 6.07) is 3.94. The van der Waals surface area contributed by atoms with Crippen LogP contribution >= 0.6 is 0 Å². The van der Waals surface area contributed by atoms with E-state index < -0.39 is 11.4 Å². The second-order valence-corrected chi connectivity index (χ2v) is 20.1. The van der Waals surface area contributed by atoms with Crippen molar-refractivity contribution in [2.75, 3.05) is 0 Å². The number of carboxylic acid groups (broad SMARTS) is 1. The third-order valence-corrected chi connectivity index (χ3v) is 16.4. The first-order chi connectivity index (χ1) is 23.8. The van der Waals surface area contributed by atoms with Crippen molar-refractivity contribution in [1.82, 2.24) is 10.3 Å². The average Bonchev–Trinajstić information content (AvgIpc) is 3.41. The minimum Gasteiger partial charge on any atom is -0.481 e. The topological polar surface area (TPSA) is 106 Å². The molecule has 51 heavy (non-hydrogen) atoms. The van der Waals surface area contributed by atoms with Gasteiger partial charge in [-0.15, -0.1) is 0 Å². The van der Waals surface area contributed by atoms with Crippen LogP contribution in [-0.2, 0) is 25.7 Å². The molecule has 5 fully saturated rings. The van der Waals surface area contributed by atoms with E-state index in [0.29, 0.717) is 42.6 Å². The number of nitrogens with zero attached hydrogens (tertiary/aromatic N) is 1. The number of pyridine rings is 1. The number of carbonyl (C=O) groups excluding carboxylic acids is 2. The van der Waals surface area contributed by atoms with E-state index in [2.05, 4.69) is 58.4 Å². The maximum atomic E-state index is 13.7. The molecule has 0 unspecified atom stereocenters. The summed E-state index contributed by atoms with van der Waals surface area (Å²) in [7, 11) is 0. The molecule has 7 heteroatoms. The average molecular weight is 703 g/mol. The number of hydrogen-bond acceptors (Lipinski definition) is 5. The molecule has 1 heterocycles. The summed E-state index contributed by atoms with van der Waals surface area (Å²) in [5.41, 5.74) is 2.09. The van der Waals surface area contributed by atoms with Crippen molar-refractivity contribution in [1.29, 1.82) is 0 Å². The fourth-order valence-electron chi connectivity index (χ4n) is 13.9. The van der Waals surface area contributed by atoms with Crippen molar-refractivity contribution < 1.29 is 24.2 Å². The SMILES string of the molecule is C=C(C)[C@@H]1CC[C@]2(CC(=O)NCc3cccnc3)CC[C@]3(C)[C@H](CC[C@@H]4[C@@]5(C)CC[C@H](OC(=O)CC(C)(C)CC(=O)O)C(C)(C)[C@@H]5CC[C@]43C)[C@@H]12. The van der Waals surface area contributed by atoms with Crippen LogP contribution in [0.25, 0.3) is 0 Å². The highest BCUT2D eigenvalue weighted by Crippen LogP contribution is 2.78. The van der Waals surface area contributed by atoms with Gasteiger partial charge in [0.05, 0.1) is 12.8 Å². The lowest BCUT2D eigenvalue weighted by molar-refractivity contribution is -0.250. The molecule has 0 saturated heterocycles. The van der Waals surface area contributed by atoms with Crippen LogP contribution in [0.4, 0.5) is 0 Å². The number of allylic oxidation sites excluding steroid dienone is 1. The van der Waals surface area contributed by atoms with E-state index in [1.165, 1.54) is 31.3 Å². The standard InChI is InChI=1S/C44H66N2O5/c1-28(2)30-14-19-44(23-35(47)46-27-29-11-10-22-45-26-29)21-20-42(8)31(38(30)44)12-13-33-41(7)17-16-34(40(5,6)32(41)15-18-43(33,42)9)51-37(50)25-39(3,4)24-36(48)49/h10-11,22,26,30-34,38H,1,12-21,23-25,27H2,2-9H3,(H,46,47)(H,48,49)/t30-,31+,32-,33+,34-,38+,41-,42+,43+,44+/m0/s1. The number of esters is 1. The van der Waals surface area contributed by atoms with Crippen molar-refractivity contribution in [3.8, 4) is 0 Å². The van der Waals surface area contributed by atoms with Gasteiger partial charge in [0.1, 0.15) is 6.10 Å². The van der Waals surface area contributed by atoms with Gasteiger partial charge in [0.15, 0.2) is 0 Å². The number of carbonyl (C=O) groups is 3. The van der Waals surface area contributed by atoms with E-state index >= 15 is 0 Å². The molecule has 0 bridgehead atoms. The number of aliphatic carboxylic acids is 1. The van der Waals surface area contributed by atoms with Gasteiger partial charge >= 0.3 is 11.9 Å². The van der Waals surface area contributed by atoms with E-state index in [4.69, 9.17) is 4.74 Å². The van der Waals surface area contributed by atoms with Crippen molar-refractivity contribution in [3.05, 3.63) is 42.2 Å². The van der Waals surface area contributed by atoms with E-state index in [1.807, 2.05) is 32.2 Å². The highest BCUT2D eigenvalue weighted by Gasteiger charge is 2.71. The predicted octanol–water partition coefficient (Wildman–Crippen LogP) is 9.55. The normalized spacial score (nSPS) is 39.8. The molecule has 5 saturated carbocycles. The summed E-state index contributed by atoms with van der Waals surface area (Å²) < 4.78 is 6.28. The number of nitrogens with one attached hydrogen (secondary N) is 1. The quantitative estimate of drug-likeness (QED) is 0.186. The zero-order valence-corrected chi connectivity index (χ0v) is 32.9. The molecular weight excluding hydrogens is 636 g/mol. The number of ether oxygens (including phenoxy) is 1. The lowest BCUT2D eigenvalue weighted by Crippen LogP contribution is -2.67. The highest BCUT2D eigenvalue weighted by molar-refractivity contribution is 5.77. The molecule has 6 rings (SSSR count). The van der Waals surface area contributed by atoms with E-state index in [-0.39, 0.29) is 57.9 Å². The molecule has 5 aliphatic rings. The lowest BCUT2D eigenvalue weighted by Gasteiger charge is -2.73. The van der Waals surface area contributed by atoms with Crippen molar-refractivity contribution in [3.63, 3.8) is 0 Å². The third-order valence-electron chi connectivity index (χ3n) is 16.4. The fourth-order valence-corrected chi connectivity index (χ4v) is 13.9. The minimum absolute atomic E-state index is 0.0279. The Bertz CT molecular complexity index is 1520. The molecular formula is C44H66N2O5. The Balaban J connectivity index is 1.21. The zero-order chi connectivity index (χ0) is 37.2. The lowest BCUT2D eigenvalue weighted by atomic mass is 9.32. The van der Waals surface area contributed by atoms with Gasteiger partial charge in [-0.05, 0) is 139 Å². The Hall–Kier alpha value is -2.70. The number of fused-ring (bicyclic) bond motifs is 7. The number of carboxylic acids is 1. The summed E-state index contributed by atoms with van der Waals surface area (Å²) in [5, 5.41) is 12.6. The largest absolute Gasteiger partial charge is 0.481 e. The van der Waals surface area contributed by atoms with Crippen LogP contribution < -0.4 is 5.32 Å². The first kappa shape index (κ1) is 38.0. The third kappa shape index (κ3) is 6.49. The van der Waals surface area contributed by atoms with Crippen LogP contribution in [0.2, 0.25) is 0 Å². The van der Waals surface area contributed by atoms with Crippen LogP contribution in [0, 0.1) is 62.1 Å². The van der Waals surface area contributed by atoms with Gasteiger partial charge in [-0.1, -0.05) is 66.7 Å². The summed E-state index contributed by atoms with van der Waals surface area (Å²) in [6.45, 7) is 23.5. The second kappa shape index (κ2) is 13.3. The van der Waals surface area contributed by atoms with E-state index in [9.17, 15) is 19.5 Å². The monoisotopic (exact) mass is 702 g/mol. The molecule has 1 aromatic heterocycles. The number of amides is 1. The van der Waals surface area contributed by atoms with Gasteiger partial charge in [-0.25, -0.2) is 0 Å². The number of hydrogen-bond donors (Lipinski definition) is 2. The van der Waals surface area contributed by atoms with E-state index in [1.54, 1.807) is 6.20 Å². The summed E-state index contributed by atoms with van der Waals surface area (Å²) >= 11 is 0. The van der Waals surface area contributed by atoms with Gasteiger partial charge in [0.25, 0.3) is 0 Å². The van der Waals surface area contributed by atoms with Crippen LogP contribution in [0.5, 0.6) is 0 Å². The molecule has 282 valence electrons. The maximum Gasteiger partial charge on any atom is 0.306 e. The van der Waals surface area contributed by atoms with Crippen molar-refractivity contribution in [2.24, 2.45) is 62.1 Å². The van der Waals surface area contributed by atoms with E-state index in [0.717, 1.165) is 44.1 Å². The molecule has 0 spiro atoms. The predicted molar refractivity (Wildman–Crippen MR) is 200 cm³/mol.